The van der Waals surface area contributed by atoms with Crippen LogP contribution < -0.4 is 5.32 Å². The van der Waals surface area contributed by atoms with Gasteiger partial charge in [0.2, 0.25) is 0 Å². The summed E-state index contributed by atoms with van der Waals surface area (Å²) in [4.78, 5) is 4.03. The van der Waals surface area contributed by atoms with Crippen molar-refractivity contribution in [1.29, 1.82) is 0 Å². The van der Waals surface area contributed by atoms with Gasteiger partial charge in [-0.1, -0.05) is 6.07 Å². The second-order valence-corrected chi connectivity index (χ2v) is 3.72. The van der Waals surface area contributed by atoms with E-state index in [-0.39, 0.29) is 5.56 Å². The van der Waals surface area contributed by atoms with Crippen LogP contribution in [0.2, 0.25) is 0 Å². The van der Waals surface area contributed by atoms with Crippen LogP contribution in [0.1, 0.15) is 17.5 Å². The van der Waals surface area contributed by atoms with Gasteiger partial charge >= 0.3 is 6.18 Å². The Bertz CT molecular complexity index is 533. The number of oxazole rings is 1. The molecule has 0 saturated carbocycles. The summed E-state index contributed by atoms with van der Waals surface area (Å²) in [6.07, 6.45) is -4.34. The van der Waals surface area contributed by atoms with Crippen molar-refractivity contribution in [3.8, 4) is 0 Å². The summed E-state index contributed by atoms with van der Waals surface area (Å²) in [5.74, 6) is 0.435. The van der Waals surface area contributed by atoms with Gasteiger partial charge in [-0.15, -0.1) is 0 Å². The van der Waals surface area contributed by atoms with E-state index < -0.39 is 12.2 Å². The molecule has 0 aliphatic rings. The summed E-state index contributed by atoms with van der Waals surface area (Å²) >= 11 is 0. The highest BCUT2D eigenvalue weighted by atomic mass is 19.4. The van der Waals surface area contributed by atoms with E-state index in [1.54, 1.807) is 6.92 Å². The Morgan fingerprint density at radius 2 is 2.06 bits per heavy atom. The fourth-order valence-electron chi connectivity index (χ4n) is 1.76. The van der Waals surface area contributed by atoms with Gasteiger partial charge in [-0.3, -0.25) is 0 Å². The molecule has 0 aliphatic carbocycles. The number of rotatable bonds is 2. The zero-order chi connectivity index (χ0) is 12.6. The highest BCUT2D eigenvalue weighted by Crippen LogP contribution is 2.33. The van der Waals surface area contributed by atoms with Crippen molar-refractivity contribution in [3.63, 3.8) is 0 Å². The van der Waals surface area contributed by atoms with Crippen LogP contribution in [0.4, 0.5) is 13.2 Å². The van der Waals surface area contributed by atoms with Gasteiger partial charge in [0.25, 0.3) is 0 Å². The van der Waals surface area contributed by atoms with Crippen LogP contribution in [0.5, 0.6) is 0 Å². The van der Waals surface area contributed by atoms with Crippen molar-refractivity contribution in [1.82, 2.24) is 10.3 Å². The molecule has 1 heterocycles. The first-order valence-corrected chi connectivity index (χ1v) is 5.03. The molecule has 17 heavy (non-hydrogen) atoms. The lowest BCUT2D eigenvalue weighted by Gasteiger charge is -2.19. The number of nitrogens with one attached hydrogen (secondary N) is 1. The maximum atomic E-state index is 12.7. The van der Waals surface area contributed by atoms with Gasteiger partial charge < -0.3 is 9.73 Å². The summed E-state index contributed by atoms with van der Waals surface area (Å²) in [6.45, 7) is 1.65. The average Bonchev–Trinajstić information content (AvgIpc) is 2.56. The molecule has 1 aromatic carbocycles. The molecule has 0 amide bonds. The largest absolute Gasteiger partial charge is 0.441 e. The molecule has 0 radical (unpaired) electrons. The van der Waals surface area contributed by atoms with E-state index in [9.17, 15) is 13.2 Å². The molecule has 1 aromatic heterocycles. The summed E-state index contributed by atoms with van der Waals surface area (Å²) in [5.41, 5.74) is 1.04. The summed E-state index contributed by atoms with van der Waals surface area (Å²) < 4.78 is 43.3. The number of fused-ring (bicyclic) bond motifs is 1. The van der Waals surface area contributed by atoms with E-state index in [0.29, 0.717) is 17.0 Å². The molecular weight excluding hydrogens is 233 g/mol. The highest BCUT2D eigenvalue weighted by Gasteiger charge is 2.39. The standard InChI is InChI=1S/C11H11F3N2O/c1-6-16-8-4-3-7(5-9(8)17-6)10(15-2)11(12,13)14/h3-5,10,15H,1-2H3. The number of hydrogen-bond donors (Lipinski definition) is 1. The Kier molecular flexibility index (Phi) is 2.82. The minimum atomic E-state index is -4.34. The Balaban J connectivity index is 2.47. The topological polar surface area (TPSA) is 38.1 Å². The first-order chi connectivity index (χ1) is 7.91. The van der Waals surface area contributed by atoms with Gasteiger partial charge in [-0.05, 0) is 24.7 Å². The fraction of sp³-hybridized carbons (Fsp3) is 0.364. The van der Waals surface area contributed by atoms with Gasteiger partial charge in [0.15, 0.2) is 11.5 Å². The second kappa shape index (κ2) is 4.03. The molecule has 1 unspecified atom stereocenters. The van der Waals surface area contributed by atoms with Crippen molar-refractivity contribution in [3.05, 3.63) is 29.7 Å². The number of aryl methyl sites for hydroxylation is 1. The van der Waals surface area contributed by atoms with Gasteiger partial charge in [-0.25, -0.2) is 4.98 Å². The number of nitrogens with zero attached hydrogens (tertiary/aromatic N) is 1. The van der Waals surface area contributed by atoms with Crippen LogP contribution in [0.15, 0.2) is 22.6 Å². The van der Waals surface area contributed by atoms with Crippen molar-refractivity contribution < 1.29 is 17.6 Å². The minimum Gasteiger partial charge on any atom is -0.441 e. The van der Waals surface area contributed by atoms with Crippen molar-refractivity contribution in [2.75, 3.05) is 7.05 Å². The van der Waals surface area contributed by atoms with Gasteiger partial charge in [0.05, 0.1) is 0 Å². The number of hydrogen-bond acceptors (Lipinski definition) is 3. The first-order valence-electron chi connectivity index (χ1n) is 5.03. The SMILES string of the molecule is CNC(c1ccc2nc(C)oc2c1)C(F)(F)F. The lowest BCUT2D eigenvalue weighted by molar-refractivity contribution is -0.156. The van der Waals surface area contributed by atoms with E-state index >= 15 is 0 Å². The molecule has 3 nitrogen and oxygen atoms in total. The Morgan fingerprint density at radius 1 is 1.35 bits per heavy atom. The molecule has 1 atom stereocenters. The predicted octanol–water partition coefficient (Wildman–Crippen LogP) is 2.96. The zero-order valence-corrected chi connectivity index (χ0v) is 9.30. The van der Waals surface area contributed by atoms with E-state index in [0.717, 1.165) is 0 Å². The van der Waals surface area contributed by atoms with E-state index in [4.69, 9.17) is 4.42 Å². The zero-order valence-electron chi connectivity index (χ0n) is 9.30. The number of aromatic nitrogens is 1. The lowest BCUT2D eigenvalue weighted by atomic mass is 10.1. The Labute approximate surface area is 95.6 Å². The number of benzene rings is 1. The van der Waals surface area contributed by atoms with Crippen LogP contribution in [-0.4, -0.2) is 18.2 Å². The smallest absolute Gasteiger partial charge is 0.407 e. The van der Waals surface area contributed by atoms with Gasteiger partial charge in [0, 0.05) is 6.92 Å². The number of halogens is 3. The molecule has 2 aromatic rings. The normalized spacial score (nSPS) is 14.2. The first kappa shape index (κ1) is 11.9. The van der Waals surface area contributed by atoms with Crippen LogP contribution in [-0.2, 0) is 0 Å². The molecule has 0 spiro atoms. The third kappa shape index (κ3) is 2.26. The lowest BCUT2D eigenvalue weighted by Crippen LogP contribution is -2.31. The predicted molar refractivity (Wildman–Crippen MR) is 56.6 cm³/mol. The molecule has 0 aliphatic heterocycles. The number of alkyl halides is 3. The van der Waals surface area contributed by atoms with Gasteiger partial charge in [0.1, 0.15) is 11.6 Å². The maximum Gasteiger partial charge on any atom is 0.407 e. The van der Waals surface area contributed by atoms with Crippen LogP contribution in [0.3, 0.4) is 0 Å². The molecule has 6 heteroatoms. The monoisotopic (exact) mass is 244 g/mol. The minimum absolute atomic E-state index is 0.114. The molecule has 0 fully saturated rings. The molecule has 92 valence electrons. The van der Waals surface area contributed by atoms with E-state index in [1.807, 2.05) is 0 Å². The van der Waals surface area contributed by atoms with Crippen molar-refractivity contribution in [2.45, 2.75) is 19.1 Å². The molecular formula is C11H11F3N2O. The van der Waals surface area contributed by atoms with Gasteiger partial charge in [-0.2, -0.15) is 13.2 Å². The fourth-order valence-corrected chi connectivity index (χ4v) is 1.76. The van der Waals surface area contributed by atoms with Crippen LogP contribution in [0, 0.1) is 6.92 Å². The highest BCUT2D eigenvalue weighted by molar-refractivity contribution is 5.73. The maximum absolute atomic E-state index is 12.7. The summed E-state index contributed by atoms with van der Waals surface area (Å²) in [7, 11) is 1.27. The molecule has 2 rings (SSSR count). The molecule has 1 N–H and O–H groups in total. The quantitative estimate of drug-likeness (QED) is 0.882. The van der Waals surface area contributed by atoms with Crippen molar-refractivity contribution >= 4 is 11.1 Å². The summed E-state index contributed by atoms with van der Waals surface area (Å²) in [5, 5.41) is 2.24. The average molecular weight is 244 g/mol. The third-order valence-electron chi connectivity index (χ3n) is 2.47. The molecule has 0 saturated heterocycles. The summed E-state index contributed by atoms with van der Waals surface area (Å²) in [6, 6.07) is 2.59. The third-order valence-corrected chi connectivity index (χ3v) is 2.47. The van der Waals surface area contributed by atoms with E-state index in [2.05, 4.69) is 10.3 Å². The Morgan fingerprint density at radius 3 is 2.65 bits per heavy atom. The van der Waals surface area contributed by atoms with Crippen LogP contribution >= 0.6 is 0 Å². The second-order valence-electron chi connectivity index (χ2n) is 3.72. The Hall–Kier alpha value is -1.56. The molecule has 0 bridgehead atoms. The van der Waals surface area contributed by atoms with Crippen molar-refractivity contribution in [2.24, 2.45) is 0 Å². The van der Waals surface area contributed by atoms with Crippen LogP contribution in [0.25, 0.3) is 11.1 Å². The van der Waals surface area contributed by atoms with E-state index in [1.165, 1.54) is 25.2 Å².